The Morgan fingerprint density at radius 3 is 2.48 bits per heavy atom. The number of aromatic amines is 1. The van der Waals surface area contributed by atoms with Crippen LogP contribution in [0.4, 0.5) is 13.2 Å². The third-order valence-electron chi connectivity index (χ3n) is 7.79. The third kappa shape index (κ3) is 3.15. The predicted octanol–water partition coefficient (Wildman–Crippen LogP) is 0.661. The van der Waals surface area contributed by atoms with E-state index in [9.17, 15) is 23.5 Å². The van der Waals surface area contributed by atoms with Crippen LogP contribution < -0.4 is 21.8 Å². The molecule has 0 radical (unpaired) electrons. The highest BCUT2D eigenvalue weighted by molar-refractivity contribution is 5.62. The first-order chi connectivity index (χ1) is 14.6. The van der Waals surface area contributed by atoms with Gasteiger partial charge in [0.1, 0.15) is 12.3 Å². The van der Waals surface area contributed by atoms with Gasteiger partial charge in [0.2, 0.25) is 0 Å². The van der Waals surface area contributed by atoms with Crippen LogP contribution in [-0.4, -0.2) is 56.9 Å². The average Bonchev–Trinajstić information content (AvgIpc) is 3.46. The van der Waals surface area contributed by atoms with Crippen LogP contribution >= 0.6 is 0 Å². The highest BCUT2D eigenvalue weighted by Crippen LogP contribution is 2.44. The van der Waals surface area contributed by atoms with Crippen LogP contribution in [-0.2, 0) is 0 Å². The summed E-state index contributed by atoms with van der Waals surface area (Å²) in [5, 5.41) is 11.1. The lowest BCUT2D eigenvalue weighted by atomic mass is 9.88. The summed E-state index contributed by atoms with van der Waals surface area (Å²) in [4.78, 5) is 29.3. The van der Waals surface area contributed by atoms with E-state index in [0.717, 1.165) is 12.8 Å². The van der Waals surface area contributed by atoms with Crippen molar-refractivity contribution in [3.63, 3.8) is 0 Å². The van der Waals surface area contributed by atoms with Crippen molar-refractivity contribution in [1.29, 1.82) is 0 Å². The molecular weight excluding hydrogens is 411 g/mol. The Balaban J connectivity index is 1.62. The fraction of sp³-hybridized carbons (Fsp3) is 0.727. The van der Waals surface area contributed by atoms with Gasteiger partial charge in [-0.15, -0.1) is 0 Å². The summed E-state index contributed by atoms with van der Waals surface area (Å²) in [7, 11) is 0. The first-order valence-electron chi connectivity index (χ1n) is 11.1. The Morgan fingerprint density at radius 1 is 1.10 bits per heavy atom. The van der Waals surface area contributed by atoms with Gasteiger partial charge in [-0.05, 0) is 56.6 Å². The number of likely N-dealkylation sites (tertiary alicyclic amines) is 1. The molecule has 1 aromatic rings. The molecule has 170 valence electrons. The number of hydrogen-bond donors (Lipinski definition) is 2. The molecule has 0 amide bonds. The number of H-pyrrole nitrogens is 1. The second kappa shape index (κ2) is 7.07. The number of hydrogen-bond acceptors (Lipinski definition) is 4. The molecule has 31 heavy (non-hydrogen) atoms. The van der Waals surface area contributed by atoms with Crippen molar-refractivity contribution >= 4 is 11.1 Å². The number of halogens is 3. The molecule has 6 nitrogen and oxygen atoms in total. The van der Waals surface area contributed by atoms with Crippen molar-refractivity contribution in [3.8, 4) is 0 Å². The molecule has 1 aromatic heterocycles. The van der Waals surface area contributed by atoms with E-state index in [-0.39, 0.29) is 35.7 Å². The minimum absolute atomic E-state index is 0.0113. The molecule has 5 atom stereocenters. The number of nitrogens with one attached hydrogen (secondary N) is 1. The topological polar surface area (TPSA) is 78.3 Å². The quantitative estimate of drug-likeness (QED) is 0.710. The number of fused-ring (bicyclic) bond motifs is 2. The summed E-state index contributed by atoms with van der Waals surface area (Å²) in [6.07, 6.45) is -1.00. The monoisotopic (exact) mass is 439 g/mol. The first-order valence-corrected chi connectivity index (χ1v) is 11.1. The molecule has 1 aliphatic heterocycles. The number of nitrogens with zero attached hydrogens (tertiary/aromatic N) is 2. The van der Waals surface area contributed by atoms with E-state index in [1.165, 1.54) is 0 Å². The van der Waals surface area contributed by atoms with Gasteiger partial charge in [-0.1, -0.05) is 0 Å². The highest BCUT2D eigenvalue weighted by Gasteiger charge is 2.52. The summed E-state index contributed by atoms with van der Waals surface area (Å²) in [6, 6.07) is -0.755. The molecule has 3 fully saturated rings. The van der Waals surface area contributed by atoms with E-state index in [0.29, 0.717) is 30.3 Å². The normalized spacial score (nSPS) is 35.6. The Hall–Kier alpha value is -1.87. The lowest BCUT2D eigenvalue weighted by molar-refractivity contribution is -0.132. The number of aliphatic hydroxyl groups is 1. The number of aliphatic hydroxyl groups excluding tert-OH is 1. The largest absolute Gasteiger partial charge is 0.387 e. The summed E-state index contributed by atoms with van der Waals surface area (Å²) in [5.41, 5.74) is -0.229. The van der Waals surface area contributed by atoms with E-state index < -0.39 is 41.4 Å². The minimum Gasteiger partial charge on any atom is -0.387 e. The zero-order valence-electron chi connectivity index (χ0n) is 17.7. The maximum atomic E-state index is 15.7. The molecule has 0 spiro atoms. The Bertz CT molecular complexity index is 1150. The number of alkyl halides is 3. The van der Waals surface area contributed by atoms with Crippen LogP contribution in [0.2, 0.25) is 0 Å². The third-order valence-corrected chi connectivity index (χ3v) is 7.79. The van der Waals surface area contributed by atoms with Gasteiger partial charge in [-0.3, -0.25) is 19.2 Å². The van der Waals surface area contributed by atoms with Gasteiger partial charge in [0.15, 0.2) is 0 Å². The van der Waals surface area contributed by atoms with Gasteiger partial charge < -0.3 is 5.11 Å². The van der Waals surface area contributed by atoms with Crippen LogP contribution in [0.15, 0.2) is 9.59 Å². The molecule has 4 aliphatic rings. The smallest absolute Gasteiger partial charge is 0.329 e. The van der Waals surface area contributed by atoms with E-state index >= 15 is 4.39 Å². The summed E-state index contributed by atoms with van der Waals surface area (Å²) < 4.78 is 45.9. The molecule has 1 saturated heterocycles. The number of aromatic nitrogens is 2. The maximum Gasteiger partial charge on any atom is 0.329 e. The van der Waals surface area contributed by atoms with Crippen LogP contribution in [0.1, 0.15) is 52.0 Å². The van der Waals surface area contributed by atoms with E-state index in [1.807, 2.05) is 4.90 Å². The SMILES string of the molecule is CC1=c2c(=O)[nH]c(=O)n(C3CC3)c2=C(C)C(N2CC3CCCC(F)(F)C(O)C3C2)C1F. The molecule has 3 aliphatic carbocycles. The first kappa shape index (κ1) is 21.0. The fourth-order valence-electron chi connectivity index (χ4n) is 6.06. The highest BCUT2D eigenvalue weighted by atomic mass is 19.3. The molecule has 9 heteroatoms. The Kier molecular flexibility index (Phi) is 4.79. The molecule has 2 saturated carbocycles. The van der Waals surface area contributed by atoms with Crippen LogP contribution in [0.25, 0.3) is 11.1 Å². The van der Waals surface area contributed by atoms with Crippen molar-refractivity contribution < 1.29 is 18.3 Å². The average molecular weight is 439 g/mol. The van der Waals surface area contributed by atoms with Crippen LogP contribution in [0.5, 0.6) is 0 Å². The van der Waals surface area contributed by atoms with E-state index in [1.54, 1.807) is 18.4 Å². The zero-order chi connectivity index (χ0) is 22.2. The minimum atomic E-state index is -3.13. The van der Waals surface area contributed by atoms with E-state index in [2.05, 4.69) is 4.98 Å². The fourth-order valence-corrected chi connectivity index (χ4v) is 6.06. The van der Waals surface area contributed by atoms with Gasteiger partial charge in [0.05, 0.1) is 16.6 Å². The maximum absolute atomic E-state index is 15.7. The zero-order valence-corrected chi connectivity index (χ0v) is 17.7. The van der Waals surface area contributed by atoms with Gasteiger partial charge in [-0.25, -0.2) is 18.0 Å². The Morgan fingerprint density at radius 2 is 1.81 bits per heavy atom. The van der Waals surface area contributed by atoms with Crippen molar-refractivity contribution in [2.24, 2.45) is 11.8 Å². The van der Waals surface area contributed by atoms with Crippen molar-refractivity contribution in [2.45, 2.75) is 76.2 Å². The Labute approximate surface area is 177 Å². The summed E-state index contributed by atoms with van der Waals surface area (Å²) in [6.45, 7) is 3.89. The molecule has 2 N–H and O–H groups in total. The lowest BCUT2D eigenvalue weighted by Crippen LogP contribution is -2.61. The molecule has 0 aromatic carbocycles. The lowest BCUT2D eigenvalue weighted by Gasteiger charge is -2.35. The van der Waals surface area contributed by atoms with E-state index in [4.69, 9.17) is 0 Å². The number of rotatable bonds is 2. The summed E-state index contributed by atoms with van der Waals surface area (Å²) in [5.74, 6) is -3.89. The van der Waals surface area contributed by atoms with Gasteiger partial charge in [0, 0.05) is 31.5 Å². The van der Waals surface area contributed by atoms with Gasteiger partial charge in [-0.2, -0.15) is 0 Å². The summed E-state index contributed by atoms with van der Waals surface area (Å²) >= 11 is 0. The van der Waals surface area contributed by atoms with Crippen molar-refractivity contribution in [2.75, 3.05) is 13.1 Å². The van der Waals surface area contributed by atoms with Gasteiger partial charge >= 0.3 is 5.69 Å². The van der Waals surface area contributed by atoms with Crippen molar-refractivity contribution in [1.82, 2.24) is 14.5 Å². The second-order valence-electron chi connectivity index (χ2n) is 9.77. The van der Waals surface area contributed by atoms with Crippen LogP contribution in [0, 0.1) is 11.8 Å². The standard InChI is InChI=1S/C22H28F3N3O3/c1-10-15-17(28(13-5-6-13)21(31)26-20(15)30)11(2)18(16(10)23)27-8-12-4-3-7-22(24,25)19(29)14(12)9-27/h12-14,16,18-19,29H,3-9H2,1-2H3,(H,26,30,31). The molecule has 5 unspecified atom stereocenters. The molecule has 2 heterocycles. The predicted molar refractivity (Wildman–Crippen MR) is 109 cm³/mol. The molecular formula is C22H28F3N3O3. The molecule has 0 bridgehead atoms. The second-order valence-corrected chi connectivity index (χ2v) is 9.77. The van der Waals surface area contributed by atoms with Gasteiger partial charge in [0.25, 0.3) is 11.5 Å². The van der Waals surface area contributed by atoms with Crippen molar-refractivity contribution in [3.05, 3.63) is 31.4 Å². The van der Waals surface area contributed by atoms with Crippen LogP contribution in [0.3, 0.4) is 0 Å². The molecule has 5 rings (SSSR count).